The molecule has 0 aliphatic carbocycles. The number of carbonyl (C=O) groups is 1. The molecule has 1 amide bonds. The van der Waals surface area contributed by atoms with E-state index in [1.54, 1.807) is 13.1 Å². The second-order valence-electron chi connectivity index (χ2n) is 5.88. The maximum absolute atomic E-state index is 11.3. The van der Waals surface area contributed by atoms with Crippen molar-refractivity contribution < 1.29 is 9.53 Å². The molecule has 2 heterocycles. The van der Waals surface area contributed by atoms with Crippen molar-refractivity contribution in [1.82, 2.24) is 14.8 Å². The van der Waals surface area contributed by atoms with Gasteiger partial charge in [0.15, 0.2) is 0 Å². The standard InChI is InChI=1S/C18H23N3O2/c1-15(22)21-12-10-20(11-13-21)9-4-14-23-17-7-2-5-16-6-3-8-19-18(16)17/h2-3,5-8H,4,9-14H2,1H3. The van der Waals surface area contributed by atoms with E-state index in [9.17, 15) is 4.79 Å². The molecule has 3 rings (SSSR count). The number of piperazine rings is 1. The van der Waals surface area contributed by atoms with Crippen molar-refractivity contribution in [2.24, 2.45) is 0 Å². The van der Waals surface area contributed by atoms with Gasteiger partial charge in [-0.3, -0.25) is 14.7 Å². The van der Waals surface area contributed by atoms with Gasteiger partial charge in [0.1, 0.15) is 11.3 Å². The summed E-state index contributed by atoms with van der Waals surface area (Å²) < 4.78 is 5.92. The Labute approximate surface area is 136 Å². The molecule has 0 spiro atoms. The number of rotatable bonds is 5. The van der Waals surface area contributed by atoms with Crippen molar-refractivity contribution in [2.75, 3.05) is 39.3 Å². The summed E-state index contributed by atoms with van der Waals surface area (Å²) in [5, 5.41) is 1.10. The fraction of sp³-hybridized carbons (Fsp3) is 0.444. The largest absolute Gasteiger partial charge is 0.491 e. The highest BCUT2D eigenvalue weighted by Gasteiger charge is 2.17. The molecule has 0 N–H and O–H groups in total. The highest BCUT2D eigenvalue weighted by molar-refractivity contribution is 5.84. The summed E-state index contributed by atoms with van der Waals surface area (Å²) in [5.74, 6) is 1.03. The number of hydrogen-bond donors (Lipinski definition) is 0. The van der Waals surface area contributed by atoms with Crippen molar-refractivity contribution in [3.05, 3.63) is 36.5 Å². The SMILES string of the molecule is CC(=O)N1CCN(CCCOc2cccc3cccnc23)CC1. The van der Waals surface area contributed by atoms with Crippen LogP contribution in [0.3, 0.4) is 0 Å². The summed E-state index contributed by atoms with van der Waals surface area (Å²) >= 11 is 0. The van der Waals surface area contributed by atoms with E-state index < -0.39 is 0 Å². The van der Waals surface area contributed by atoms with Gasteiger partial charge in [0.25, 0.3) is 0 Å². The Balaban J connectivity index is 1.44. The van der Waals surface area contributed by atoms with Crippen LogP contribution in [0.1, 0.15) is 13.3 Å². The second-order valence-corrected chi connectivity index (χ2v) is 5.88. The Morgan fingerprint density at radius 3 is 2.74 bits per heavy atom. The molecule has 1 aliphatic rings. The van der Waals surface area contributed by atoms with Gasteiger partial charge in [0.05, 0.1) is 6.61 Å². The van der Waals surface area contributed by atoms with Crippen LogP contribution in [0.15, 0.2) is 36.5 Å². The lowest BCUT2D eigenvalue weighted by molar-refractivity contribution is -0.130. The number of para-hydroxylation sites is 1. The smallest absolute Gasteiger partial charge is 0.219 e. The fourth-order valence-corrected chi connectivity index (χ4v) is 2.95. The first-order valence-corrected chi connectivity index (χ1v) is 8.18. The number of ether oxygens (including phenoxy) is 1. The molecule has 1 aromatic carbocycles. The molecule has 1 saturated heterocycles. The molecule has 122 valence electrons. The third-order valence-electron chi connectivity index (χ3n) is 4.29. The second kappa shape index (κ2) is 7.42. The molecule has 0 atom stereocenters. The van der Waals surface area contributed by atoms with Crippen LogP contribution >= 0.6 is 0 Å². The number of amides is 1. The maximum Gasteiger partial charge on any atom is 0.219 e. The zero-order valence-corrected chi connectivity index (χ0v) is 13.6. The Hall–Kier alpha value is -2.14. The molecule has 0 unspecified atom stereocenters. The number of aromatic nitrogens is 1. The van der Waals surface area contributed by atoms with Gasteiger partial charge in [-0.1, -0.05) is 18.2 Å². The zero-order chi connectivity index (χ0) is 16.1. The van der Waals surface area contributed by atoms with E-state index in [2.05, 4.69) is 9.88 Å². The minimum absolute atomic E-state index is 0.177. The van der Waals surface area contributed by atoms with E-state index in [4.69, 9.17) is 4.74 Å². The van der Waals surface area contributed by atoms with Crippen molar-refractivity contribution in [3.63, 3.8) is 0 Å². The van der Waals surface area contributed by atoms with Crippen LogP contribution in [0, 0.1) is 0 Å². The number of fused-ring (bicyclic) bond motifs is 1. The quantitative estimate of drug-likeness (QED) is 0.794. The first-order valence-electron chi connectivity index (χ1n) is 8.18. The normalized spacial score (nSPS) is 15.8. The first kappa shape index (κ1) is 15.7. The topological polar surface area (TPSA) is 45.7 Å². The van der Waals surface area contributed by atoms with Gasteiger partial charge in [-0.15, -0.1) is 0 Å². The lowest BCUT2D eigenvalue weighted by Gasteiger charge is -2.34. The summed E-state index contributed by atoms with van der Waals surface area (Å²) in [5.41, 5.74) is 0.921. The van der Waals surface area contributed by atoms with E-state index >= 15 is 0 Å². The average molecular weight is 313 g/mol. The van der Waals surface area contributed by atoms with Crippen molar-refractivity contribution in [2.45, 2.75) is 13.3 Å². The number of hydrogen-bond acceptors (Lipinski definition) is 4. The van der Waals surface area contributed by atoms with Gasteiger partial charge in [0.2, 0.25) is 5.91 Å². The summed E-state index contributed by atoms with van der Waals surface area (Å²) in [6.07, 6.45) is 2.77. The minimum Gasteiger partial charge on any atom is -0.491 e. The maximum atomic E-state index is 11.3. The molecule has 5 nitrogen and oxygen atoms in total. The molecule has 0 radical (unpaired) electrons. The summed E-state index contributed by atoms with van der Waals surface area (Å²) in [7, 11) is 0. The average Bonchev–Trinajstić information content (AvgIpc) is 2.59. The van der Waals surface area contributed by atoms with Gasteiger partial charge in [-0.05, 0) is 18.6 Å². The third kappa shape index (κ3) is 3.99. The van der Waals surface area contributed by atoms with Gasteiger partial charge < -0.3 is 9.64 Å². The predicted octanol–water partition coefficient (Wildman–Crippen LogP) is 2.17. The fourth-order valence-electron chi connectivity index (χ4n) is 2.95. The van der Waals surface area contributed by atoms with Crippen LogP contribution in [0.5, 0.6) is 5.75 Å². The molecule has 0 saturated carbocycles. The Bertz CT molecular complexity index is 661. The van der Waals surface area contributed by atoms with Crippen LogP contribution in [0.25, 0.3) is 10.9 Å². The van der Waals surface area contributed by atoms with Crippen molar-refractivity contribution in [3.8, 4) is 5.75 Å². The number of nitrogens with zero attached hydrogens (tertiary/aromatic N) is 3. The lowest BCUT2D eigenvalue weighted by atomic mass is 10.2. The van der Waals surface area contributed by atoms with Gasteiger partial charge in [-0.25, -0.2) is 0 Å². The lowest BCUT2D eigenvalue weighted by Crippen LogP contribution is -2.48. The van der Waals surface area contributed by atoms with E-state index in [1.807, 2.05) is 35.2 Å². The minimum atomic E-state index is 0.177. The molecule has 23 heavy (non-hydrogen) atoms. The molecule has 1 fully saturated rings. The van der Waals surface area contributed by atoms with Crippen LogP contribution in [-0.2, 0) is 4.79 Å². The predicted molar refractivity (Wildman–Crippen MR) is 90.5 cm³/mol. The van der Waals surface area contributed by atoms with E-state index in [-0.39, 0.29) is 5.91 Å². The highest BCUT2D eigenvalue weighted by atomic mass is 16.5. The molecule has 1 aliphatic heterocycles. The van der Waals surface area contributed by atoms with Crippen LogP contribution < -0.4 is 4.74 Å². The van der Waals surface area contributed by atoms with Crippen molar-refractivity contribution in [1.29, 1.82) is 0 Å². The first-order chi connectivity index (χ1) is 11.2. The van der Waals surface area contributed by atoms with Crippen LogP contribution in [0.4, 0.5) is 0 Å². The summed E-state index contributed by atoms with van der Waals surface area (Å²) in [4.78, 5) is 20.0. The Morgan fingerprint density at radius 1 is 1.17 bits per heavy atom. The van der Waals surface area contributed by atoms with Crippen molar-refractivity contribution >= 4 is 16.8 Å². The van der Waals surface area contributed by atoms with E-state index in [0.717, 1.165) is 55.8 Å². The van der Waals surface area contributed by atoms with Gasteiger partial charge in [0, 0.05) is 51.2 Å². The number of pyridine rings is 1. The molecule has 2 aromatic rings. The van der Waals surface area contributed by atoms with E-state index in [0.29, 0.717) is 6.61 Å². The summed E-state index contributed by atoms with van der Waals surface area (Å²) in [6, 6.07) is 10.0. The highest BCUT2D eigenvalue weighted by Crippen LogP contribution is 2.22. The van der Waals surface area contributed by atoms with Crippen LogP contribution in [-0.4, -0.2) is 60.0 Å². The van der Waals surface area contributed by atoms with Gasteiger partial charge in [-0.2, -0.15) is 0 Å². The summed E-state index contributed by atoms with van der Waals surface area (Å²) in [6.45, 7) is 6.91. The molecular formula is C18H23N3O2. The Kier molecular flexibility index (Phi) is 5.08. The van der Waals surface area contributed by atoms with Gasteiger partial charge >= 0.3 is 0 Å². The Morgan fingerprint density at radius 2 is 1.96 bits per heavy atom. The molecule has 5 heteroatoms. The molecule has 0 bridgehead atoms. The molecule has 1 aromatic heterocycles. The zero-order valence-electron chi connectivity index (χ0n) is 13.6. The number of benzene rings is 1. The van der Waals surface area contributed by atoms with E-state index in [1.165, 1.54) is 0 Å². The van der Waals surface area contributed by atoms with Crippen LogP contribution in [0.2, 0.25) is 0 Å². The monoisotopic (exact) mass is 313 g/mol. The third-order valence-corrected chi connectivity index (χ3v) is 4.29. The molecular weight excluding hydrogens is 290 g/mol. The number of carbonyl (C=O) groups excluding carboxylic acids is 1.